The number of fused-ring (bicyclic) bond motifs is 1. The first-order valence-electron chi connectivity index (χ1n) is 6.74. The average molecular weight is 282 g/mol. The third-order valence-electron chi connectivity index (χ3n) is 3.27. The quantitative estimate of drug-likeness (QED) is 0.798. The van der Waals surface area contributed by atoms with Crippen LogP contribution >= 0.6 is 0 Å². The summed E-state index contributed by atoms with van der Waals surface area (Å²) in [6.07, 6.45) is 0. The summed E-state index contributed by atoms with van der Waals surface area (Å²) >= 11 is 0. The summed E-state index contributed by atoms with van der Waals surface area (Å²) in [4.78, 5) is 10.8. The van der Waals surface area contributed by atoms with Gasteiger partial charge in [0.25, 0.3) is 0 Å². The lowest BCUT2D eigenvalue weighted by Crippen LogP contribution is -2.19. The van der Waals surface area contributed by atoms with E-state index in [1.165, 1.54) is 12.1 Å². The third kappa shape index (κ3) is 2.50. The van der Waals surface area contributed by atoms with E-state index in [0.29, 0.717) is 23.9 Å². The topological polar surface area (TPSA) is 55.0 Å². The number of anilines is 3. The number of nitrogens with two attached hydrogens (primary N) is 1. The van der Waals surface area contributed by atoms with Gasteiger partial charge >= 0.3 is 0 Å². The molecule has 0 saturated carbocycles. The van der Waals surface area contributed by atoms with E-state index >= 15 is 0 Å². The van der Waals surface area contributed by atoms with E-state index in [9.17, 15) is 4.39 Å². The zero-order valence-corrected chi connectivity index (χ0v) is 11.6. The minimum absolute atomic E-state index is 0.293. The molecule has 21 heavy (non-hydrogen) atoms. The Hall–Kier alpha value is -2.69. The van der Waals surface area contributed by atoms with Crippen molar-refractivity contribution in [2.75, 3.05) is 17.2 Å². The van der Waals surface area contributed by atoms with Crippen LogP contribution in [0.3, 0.4) is 0 Å². The van der Waals surface area contributed by atoms with Crippen molar-refractivity contribution in [1.82, 2.24) is 9.97 Å². The SMILES string of the molecule is CCN(c1cccc(F)c1)c1nc2ccccc2nc1N. The maximum Gasteiger partial charge on any atom is 0.176 e. The van der Waals surface area contributed by atoms with E-state index < -0.39 is 0 Å². The summed E-state index contributed by atoms with van der Waals surface area (Å²) in [7, 11) is 0. The Morgan fingerprint density at radius 1 is 1.05 bits per heavy atom. The molecule has 0 unspecified atom stereocenters. The molecule has 0 bridgehead atoms. The van der Waals surface area contributed by atoms with Gasteiger partial charge in [-0.05, 0) is 37.3 Å². The van der Waals surface area contributed by atoms with Crippen LogP contribution in [0.25, 0.3) is 11.0 Å². The fraction of sp³-hybridized carbons (Fsp3) is 0.125. The molecule has 0 aliphatic carbocycles. The van der Waals surface area contributed by atoms with Crippen LogP contribution in [0.2, 0.25) is 0 Å². The zero-order chi connectivity index (χ0) is 14.8. The first-order valence-corrected chi connectivity index (χ1v) is 6.74. The van der Waals surface area contributed by atoms with Gasteiger partial charge in [0.05, 0.1) is 11.0 Å². The van der Waals surface area contributed by atoms with Crippen molar-refractivity contribution in [2.24, 2.45) is 0 Å². The van der Waals surface area contributed by atoms with Crippen LogP contribution in [-0.4, -0.2) is 16.5 Å². The molecule has 0 fully saturated rings. The Labute approximate surface area is 122 Å². The highest BCUT2D eigenvalue weighted by molar-refractivity contribution is 5.81. The molecule has 0 atom stereocenters. The number of nitrogen functional groups attached to an aromatic ring is 1. The molecule has 5 heteroatoms. The van der Waals surface area contributed by atoms with Gasteiger partial charge < -0.3 is 10.6 Å². The van der Waals surface area contributed by atoms with Crippen LogP contribution in [0.1, 0.15) is 6.92 Å². The van der Waals surface area contributed by atoms with E-state index in [4.69, 9.17) is 5.73 Å². The van der Waals surface area contributed by atoms with Crippen LogP contribution in [0.5, 0.6) is 0 Å². The second-order valence-electron chi connectivity index (χ2n) is 4.65. The molecule has 0 aliphatic heterocycles. The van der Waals surface area contributed by atoms with E-state index in [1.807, 2.05) is 42.2 Å². The fourth-order valence-corrected chi connectivity index (χ4v) is 2.30. The lowest BCUT2D eigenvalue weighted by Gasteiger charge is -2.23. The number of nitrogens with zero attached hydrogens (tertiary/aromatic N) is 3. The molecular weight excluding hydrogens is 267 g/mol. The molecule has 1 aromatic heterocycles. The molecule has 3 aromatic rings. The van der Waals surface area contributed by atoms with Gasteiger partial charge in [-0.2, -0.15) is 0 Å². The molecule has 0 amide bonds. The predicted molar refractivity (Wildman–Crippen MR) is 83.0 cm³/mol. The first-order chi connectivity index (χ1) is 10.2. The van der Waals surface area contributed by atoms with Gasteiger partial charge in [-0.15, -0.1) is 0 Å². The Morgan fingerprint density at radius 2 is 1.76 bits per heavy atom. The van der Waals surface area contributed by atoms with Crippen molar-refractivity contribution >= 4 is 28.4 Å². The highest BCUT2D eigenvalue weighted by atomic mass is 19.1. The van der Waals surface area contributed by atoms with Crippen molar-refractivity contribution in [3.05, 3.63) is 54.3 Å². The summed E-state index contributed by atoms with van der Waals surface area (Å²) in [5.74, 6) is 0.583. The normalized spacial score (nSPS) is 10.8. The van der Waals surface area contributed by atoms with Crippen LogP contribution in [-0.2, 0) is 0 Å². The monoisotopic (exact) mass is 282 g/mol. The number of hydrogen-bond donors (Lipinski definition) is 1. The number of hydrogen-bond acceptors (Lipinski definition) is 4. The summed E-state index contributed by atoms with van der Waals surface area (Å²) in [5, 5.41) is 0. The van der Waals surface area contributed by atoms with Crippen molar-refractivity contribution in [2.45, 2.75) is 6.92 Å². The van der Waals surface area contributed by atoms with E-state index in [1.54, 1.807) is 6.07 Å². The van der Waals surface area contributed by atoms with Gasteiger partial charge in [-0.25, -0.2) is 14.4 Å². The van der Waals surface area contributed by atoms with Gasteiger partial charge in [0, 0.05) is 12.2 Å². The maximum atomic E-state index is 13.4. The smallest absolute Gasteiger partial charge is 0.176 e. The number of rotatable bonds is 3. The number of para-hydroxylation sites is 2. The van der Waals surface area contributed by atoms with Crippen LogP contribution in [0.15, 0.2) is 48.5 Å². The molecule has 2 N–H and O–H groups in total. The predicted octanol–water partition coefficient (Wildman–Crippen LogP) is 3.51. The maximum absolute atomic E-state index is 13.4. The van der Waals surface area contributed by atoms with Crippen LogP contribution in [0, 0.1) is 5.82 Å². The molecular formula is C16H15FN4. The van der Waals surface area contributed by atoms with Gasteiger partial charge in [0.2, 0.25) is 0 Å². The highest BCUT2D eigenvalue weighted by Crippen LogP contribution is 2.29. The molecule has 1 heterocycles. The molecule has 0 spiro atoms. The van der Waals surface area contributed by atoms with Crippen molar-refractivity contribution in [3.8, 4) is 0 Å². The lowest BCUT2D eigenvalue weighted by molar-refractivity contribution is 0.627. The highest BCUT2D eigenvalue weighted by Gasteiger charge is 2.15. The summed E-state index contributed by atoms with van der Waals surface area (Å²) in [5.41, 5.74) is 8.24. The molecule has 3 rings (SSSR count). The molecule has 0 aliphatic rings. The van der Waals surface area contributed by atoms with Crippen molar-refractivity contribution in [1.29, 1.82) is 0 Å². The van der Waals surface area contributed by atoms with Crippen molar-refractivity contribution < 1.29 is 4.39 Å². The minimum atomic E-state index is -0.293. The molecule has 4 nitrogen and oxygen atoms in total. The molecule has 0 radical (unpaired) electrons. The second-order valence-corrected chi connectivity index (χ2v) is 4.65. The molecule has 0 saturated heterocycles. The molecule has 106 valence electrons. The van der Waals surface area contributed by atoms with Gasteiger partial charge in [-0.1, -0.05) is 18.2 Å². The lowest BCUT2D eigenvalue weighted by atomic mass is 10.2. The Bertz CT molecular complexity index is 788. The van der Waals surface area contributed by atoms with Crippen molar-refractivity contribution in [3.63, 3.8) is 0 Å². The summed E-state index contributed by atoms with van der Waals surface area (Å²) < 4.78 is 13.4. The summed E-state index contributed by atoms with van der Waals surface area (Å²) in [6, 6.07) is 13.9. The van der Waals surface area contributed by atoms with Gasteiger partial charge in [0.1, 0.15) is 5.82 Å². The molecule has 2 aromatic carbocycles. The van der Waals surface area contributed by atoms with Gasteiger partial charge in [0.15, 0.2) is 11.6 Å². The minimum Gasteiger partial charge on any atom is -0.381 e. The van der Waals surface area contributed by atoms with Crippen LogP contribution in [0.4, 0.5) is 21.7 Å². The fourth-order valence-electron chi connectivity index (χ4n) is 2.30. The van der Waals surface area contributed by atoms with Gasteiger partial charge in [-0.3, -0.25) is 0 Å². The standard InChI is InChI=1S/C16H15FN4/c1-2-21(12-7-5-6-11(17)10-12)16-15(18)19-13-8-3-4-9-14(13)20-16/h3-10H,2H2,1H3,(H2,18,19). The zero-order valence-electron chi connectivity index (χ0n) is 11.6. The second kappa shape index (κ2) is 5.36. The Kier molecular flexibility index (Phi) is 3.39. The number of aromatic nitrogens is 2. The van der Waals surface area contributed by atoms with E-state index in [0.717, 1.165) is 11.0 Å². The first kappa shape index (κ1) is 13.3. The number of halogens is 1. The number of benzene rings is 2. The largest absolute Gasteiger partial charge is 0.381 e. The van der Waals surface area contributed by atoms with E-state index in [-0.39, 0.29) is 5.82 Å². The third-order valence-corrected chi connectivity index (χ3v) is 3.27. The van der Waals surface area contributed by atoms with Crippen LogP contribution < -0.4 is 10.6 Å². The summed E-state index contributed by atoms with van der Waals surface area (Å²) in [6.45, 7) is 2.57. The van der Waals surface area contributed by atoms with E-state index in [2.05, 4.69) is 9.97 Å². The Balaban J connectivity index is 2.14. The Morgan fingerprint density at radius 3 is 2.43 bits per heavy atom. The average Bonchev–Trinajstić information content (AvgIpc) is 2.48.